The van der Waals surface area contributed by atoms with E-state index in [1.807, 2.05) is 18.3 Å². The van der Waals surface area contributed by atoms with Crippen molar-refractivity contribution in [2.45, 2.75) is 0 Å². The van der Waals surface area contributed by atoms with Gasteiger partial charge in [0.05, 0.1) is 0 Å². The molecule has 0 aliphatic rings. The molecule has 8 heterocycles. The third kappa shape index (κ3) is 5.53. The SMILES string of the molecule is c1ncc2c(n1)ncn2-c1cc[c]([Ge]([c]2ccc(-n3cnc4ncncc43)cc2)([c]2ccc(-n3cnc4ncncc43)cc2)[c]2ccc(-n3cnc4ncncc43)cc2)cc1. The van der Waals surface area contributed by atoms with E-state index >= 15 is 0 Å². The molecule has 0 aliphatic carbocycles. The molecule has 0 fully saturated rings. The Kier molecular flexibility index (Phi) is 7.88. The van der Waals surface area contributed by atoms with Crippen molar-refractivity contribution >= 4 is 75.5 Å². The molecule has 0 radical (unpaired) electrons. The first-order chi connectivity index (χ1) is 30.2. The summed E-state index contributed by atoms with van der Waals surface area (Å²) in [7, 11) is 0. The number of hydrogen-bond acceptors (Lipinski definition) is 12. The van der Waals surface area contributed by atoms with Crippen molar-refractivity contribution < 1.29 is 0 Å². The Morgan fingerprint density at radius 2 is 0.508 bits per heavy atom. The van der Waals surface area contributed by atoms with E-state index in [1.165, 1.54) is 42.9 Å². The second-order valence-electron chi connectivity index (χ2n) is 14.3. The summed E-state index contributed by atoms with van der Waals surface area (Å²) >= 11 is -3.95. The predicted molar refractivity (Wildman–Crippen MR) is 231 cm³/mol. The van der Waals surface area contributed by atoms with E-state index in [1.54, 1.807) is 50.1 Å². The second-order valence-corrected chi connectivity index (χ2v) is 22.3. The summed E-state index contributed by atoms with van der Waals surface area (Å²) in [6.07, 6.45) is 20.4. The van der Waals surface area contributed by atoms with Crippen LogP contribution in [-0.2, 0) is 0 Å². The molecule has 0 aliphatic heterocycles. The Labute approximate surface area is 347 Å². The van der Waals surface area contributed by atoms with E-state index in [4.69, 9.17) is 0 Å². The molecule has 16 nitrogen and oxygen atoms in total. The fourth-order valence-corrected chi connectivity index (χ4v) is 18.1. The zero-order valence-corrected chi connectivity index (χ0v) is 33.9. The summed E-state index contributed by atoms with van der Waals surface area (Å²) in [6, 6.07) is 35.4. The van der Waals surface area contributed by atoms with Gasteiger partial charge >= 0.3 is 349 Å². The number of fused-ring (bicyclic) bond motifs is 4. The predicted octanol–water partition coefficient (Wildman–Crippen LogP) is 3.58. The van der Waals surface area contributed by atoms with Gasteiger partial charge in [-0.2, -0.15) is 0 Å². The number of imidazole rings is 4. The first kappa shape index (κ1) is 34.6. The molecule has 17 heteroatoms. The van der Waals surface area contributed by atoms with Crippen LogP contribution in [0.3, 0.4) is 0 Å². The molecule has 0 N–H and O–H groups in total. The number of benzene rings is 4. The Bertz CT molecular complexity index is 3060. The van der Waals surface area contributed by atoms with Crippen LogP contribution < -0.4 is 17.6 Å². The van der Waals surface area contributed by atoms with Crippen molar-refractivity contribution in [2.24, 2.45) is 0 Å². The van der Waals surface area contributed by atoms with Crippen LogP contribution in [0.25, 0.3) is 67.4 Å². The van der Waals surface area contributed by atoms with Crippen molar-refractivity contribution in [1.82, 2.24) is 78.1 Å². The van der Waals surface area contributed by atoms with Crippen molar-refractivity contribution in [1.29, 1.82) is 0 Å². The van der Waals surface area contributed by atoms with Crippen molar-refractivity contribution in [2.75, 3.05) is 0 Å². The minimum atomic E-state index is -3.95. The molecule has 0 atom stereocenters. The van der Waals surface area contributed by atoms with E-state index in [-0.39, 0.29) is 0 Å². The van der Waals surface area contributed by atoms with Crippen LogP contribution in [0.1, 0.15) is 0 Å². The average molecular weight is 853 g/mol. The van der Waals surface area contributed by atoms with Crippen LogP contribution in [0.5, 0.6) is 0 Å². The maximum atomic E-state index is 4.53. The van der Waals surface area contributed by atoms with Crippen LogP contribution in [0.2, 0.25) is 0 Å². The Morgan fingerprint density at radius 1 is 0.279 bits per heavy atom. The third-order valence-corrected chi connectivity index (χ3v) is 21.3. The van der Waals surface area contributed by atoms with Gasteiger partial charge < -0.3 is 0 Å². The molecule has 288 valence electrons. The van der Waals surface area contributed by atoms with Gasteiger partial charge in [-0.1, -0.05) is 0 Å². The first-order valence-corrected chi connectivity index (χ1v) is 23.4. The number of rotatable bonds is 8. The van der Waals surface area contributed by atoms with E-state index in [2.05, 4.69) is 157 Å². The normalized spacial score (nSPS) is 11.9. The van der Waals surface area contributed by atoms with E-state index < -0.39 is 13.3 Å². The van der Waals surface area contributed by atoms with Crippen molar-refractivity contribution in [3.05, 3.63) is 172 Å². The molecule has 0 saturated heterocycles. The summed E-state index contributed by atoms with van der Waals surface area (Å²) in [5, 5.41) is 0. The van der Waals surface area contributed by atoms with Crippen LogP contribution in [0.4, 0.5) is 0 Å². The molecule has 61 heavy (non-hydrogen) atoms. The van der Waals surface area contributed by atoms with Gasteiger partial charge in [0.25, 0.3) is 0 Å². The Balaban J connectivity index is 1.07. The standard InChI is InChI=1S/C44H28GeN16/c1-9-33(58-25-54-41-37(58)17-46-21-50-41)10-2-29(1)45(30-3-11-34(12-4-30)59-26-55-42-38(59)18-47-22-51-42,31-5-13-35(14-6-31)60-27-56-43-39(60)19-48-23-52-43)32-7-15-36(16-8-32)61-28-57-44-40(61)20-49-24-53-44/h1-28H. The van der Waals surface area contributed by atoms with Gasteiger partial charge in [0, 0.05) is 0 Å². The fraction of sp³-hybridized carbons (Fsp3) is 0. The van der Waals surface area contributed by atoms with Gasteiger partial charge in [-0.25, -0.2) is 0 Å². The van der Waals surface area contributed by atoms with Gasteiger partial charge in [0.1, 0.15) is 0 Å². The third-order valence-electron chi connectivity index (χ3n) is 11.2. The van der Waals surface area contributed by atoms with Crippen LogP contribution in [-0.4, -0.2) is 91.3 Å². The number of nitrogens with zero attached hydrogens (tertiary/aromatic N) is 16. The summed E-state index contributed by atoms with van der Waals surface area (Å²) in [4.78, 5) is 52.7. The maximum absolute atomic E-state index is 4.53. The van der Waals surface area contributed by atoms with Gasteiger partial charge in [-0.15, -0.1) is 0 Å². The summed E-state index contributed by atoms with van der Waals surface area (Å²) < 4.78 is 13.0. The Morgan fingerprint density at radius 3 is 0.738 bits per heavy atom. The molecule has 12 aromatic rings. The van der Waals surface area contributed by atoms with Gasteiger partial charge in [0.2, 0.25) is 0 Å². The summed E-state index contributed by atoms with van der Waals surface area (Å²) in [5.41, 5.74) is 9.69. The zero-order chi connectivity index (χ0) is 40.3. The van der Waals surface area contributed by atoms with Crippen LogP contribution in [0.15, 0.2) is 172 Å². The molecule has 0 amide bonds. The minimum absolute atomic E-state index is 0.637. The van der Waals surface area contributed by atoms with E-state index in [0.717, 1.165) is 44.8 Å². The van der Waals surface area contributed by atoms with E-state index in [9.17, 15) is 0 Å². The first-order valence-electron chi connectivity index (χ1n) is 19.2. The topological polar surface area (TPSA) is 174 Å². The monoisotopic (exact) mass is 854 g/mol. The van der Waals surface area contributed by atoms with Gasteiger partial charge in [-0.05, 0) is 0 Å². The average Bonchev–Trinajstić information content (AvgIpc) is 4.16. The molecule has 0 spiro atoms. The molecular formula is C44H28GeN16. The van der Waals surface area contributed by atoms with Crippen molar-refractivity contribution in [3.63, 3.8) is 0 Å². The second kappa shape index (κ2) is 13.9. The molecule has 12 rings (SSSR count). The molecule has 0 bridgehead atoms. The fourth-order valence-electron chi connectivity index (χ4n) is 8.35. The summed E-state index contributed by atoms with van der Waals surface area (Å²) in [5.74, 6) is 0. The van der Waals surface area contributed by atoms with Crippen LogP contribution >= 0.6 is 0 Å². The number of aromatic nitrogens is 16. The molecule has 4 aromatic carbocycles. The van der Waals surface area contributed by atoms with Gasteiger partial charge in [-0.3, -0.25) is 0 Å². The zero-order valence-electron chi connectivity index (χ0n) is 31.8. The quantitative estimate of drug-likeness (QED) is 0.204. The van der Waals surface area contributed by atoms with E-state index in [0.29, 0.717) is 22.6 Å². The van der Waals surface area contributed by atoms with Gasteiger partial charge in [0.15, 0.2) is 0 Å². The molecule has 8 aromatic heterocycles. The molecule has 0 saturated carbocycles. The Hall–Kier alpha value is -8.38. The molecular weight excluding hydrogens is 825 g/mol. The summed E-state index contributed by atoms with van der Waals surface area (Å²) in [6.45, 7) is 0. The van der Waals surface area contributed by atoms with Crippen molar-refractivity contribution in [3.8, 4) is 22.7 Å². The number of hydrogen-bond donors (Lipinski definition) is 0. The van der Waals surface area contributed by atoms with Crippen LogP contribution in [0, 0.1) is 0 Å². The molecule has 0 unspecified atom stereocenters.